The highest BCUT2D eigenvalue weighted by molar-refractivity contribution is 5.96. The van der Waals surface area contributed by atoms with Crippen LogP contribution in [0.2, 0.25) is 0 Å². The second-order valence-corrected chi connectivity index (χ2v) is 8.23. The van der Waals surface area contributed by atoms with Crippen LogP contribution in [0.25, 0.3) is 0 Å². The highest BCUT2D eigenvalue weighted by Crippen LogP contribution is 2.41. The summed E-state index contributed by atoms with van der Waals surface area (Å²) in [7, 11) is 0. The standard InChI is InChI=1S/C21H26N4O2/c26-20-11-17-13-23(12-16(17)10-19(20)25-8-3-7-22-25)14-21(27)24-9-6-15-4-1-2-5-18(15)24/h1-5,7-8,16-17,19-20,26H,6,9-14H2/t16-,17+,19-,20-/m1/s1. The first-order valence-corrected chi connectivity index (χ1v) is 9.97. The summed E-state index contributed by atoms with van der Waals surface area (Å²) in [5, 5.41) is 14.9. The first kappa shape index (κ1) is 17.0. The van der Waals surface area contributed by atoms with Crippen molar-refractivity contribution < 1.29 is 9.90 Å². The molecule has 0 bridgehead atoms. The topological polar surface area (TPSA) is 61.6 Å². The van der Waals surface area contributed by atoms with E-state index in [1.165, 1.54) is 5.56 Å². The molecule has 1 aromatic heterocycles. The van der Waals surface area contributed by atoms with Crippen molar-refractivity contribution in [2.45, 2.75) is 31.4 Å². The lowest BCUT2D eigenvalue weighted by Crippen LogP contribution is -2.39. The van der Waals surface area contributed by atoms with Crippen LogP contribution in [-0.4, -0.2) is 58.0 Å². The molecule has 1 saturated heterocycles. The van der Waals surface area contributed by atoms with Crippen LogP contribution >= 0.6 is 0 Å². The number of carbonyl (C=O) groups is 1. The van der Waals surface area contributed by atoms with Crippen LogP contribution in [0.4, 0.5) is 5.69 Å². The molecule has 1 aromatic carbocycles. The number of amides is 1. The SMILES string of the molecule is O=C(CN1C[C@H]2C[C@@H](n3cccn3)[C@H](O)C[C@H]2C1)N1CCc2ccccc21. The van der Waals surface area contributed by atoms with Crippen molar-refractivity contribution in [1.82, 2.24) is 14.7 Å². The van der Waals surface area contributed by atoms with Gasteiger partial charge in [-0.15, -0.1) is 0 Å². The van der Waals surface area contributed by atoms with E-state index in [4.69, 9.17) is 0 Å². The molecule has 0 radical (unpaired) electrons. The zero-order valence-electron chi connectivity index (χ0n) is 15.4. The lowest BCUT2D eigenvalue weighted by molar-refractivity contribution is -0.119. The van der Waals surface area contributed by atoms with Crippen molar-refractivity contribution in [3.8, 4) is 0 Å². The Balaban J connectivity index is 1.23. The summed E-state index contributed by atoms with van der Waals surface area (Å²) in [5.41, 5.74) is 2.35. The Kier molecular flexibility index (Phi) is 4.25. The molecule has 1 amide bonds. The highest BCUT2D eigenvalue weighted by Gasteiger charge is 2.43. The number of hydrogen-bond donors (Lipinski definition) is 1. The molecule has 0 spiro atoms. The molecule has 4 atom stereocenters. The monoisotopic (exact) mass is 366 g/mol. The largest absolute Gasteiger partial charge is 0.391 e. The summed E-state index contributed by atoms with van der Waals surface area (Å²) >= 11 is 0. The fourth-order valence-corrected chi connectivity index (χ4v) is 5.27. The Labute approximate surface area is 159 Å². The molecule has 27 heavy (non-hydrogen) atoms. The maximum Gasteiger partial charge on any atom is 0.241 e. The van der Waals surface area contributed by atoms with Crippen LogP contribution in [-0.2, 0) is 11.2 Å². The molecular weight excluding hydrogens is 340 g/mol. The van der Waals surface area contributed by atoms with Gasteiger partial charge in [0.05, 0.1) is 18.7 Å². The zero-order chi connectivity index (χ0) is 18.4. The molecule has 2 aromatic rings. The molecule has 2 aliphatic heterocycles. The predicted molar refractivity (Wildman–Crippen MR) is 102 cm³/mol. The fraction of sp³-hybridized carbons (Fsp3) is 0.524. The van der Waals surface area contributed by atoms with Gasteiger partial charge in [-0.25, -0.2) is 0 Å². The Morgan fingerprint density at radius 3 is 2.78 bits per heavy atom. The minimum Gasteiger partial charge on any atom is -0.391 e. The highest BCUT2D eigenvalue weighted by atomic mass is 16.3. The summed E-state index contributed by atoms with van der Waals surface area (Å²) in [4.78, 5) is 17.1. The van der Waals surface area contributed by atoms with Crippen molar-refractivity contribution in [3.63, 3.8) is 0 Å². The minimum atomic E-state index is -0.354. The van der Waals surface area contributed by atoms with Gasteiger partial charge in [0.2, 0.25) is 5.91 Å². The third-order valence-electron chi connectivity index (χ3n) is 6.60. The van der Waals surface area contributed by atoms with Gasteiger partial charge in [0, 0.05) is 37.7 Å². The number of fused-ring (bicyclic) bond motifs is 2. The number of aromatic nitrogens is 2. The maximum atomic E-state index is 12.9. The van der Waals surface area contributed by atoms with E-state index < -0.39 is 0 Å². The van der Waals surface area contributed by atoms with E-state index >= 15 is 0 Å². The first-order chi connectivity index (χ1) is 13.2. The molecular formula is C21H26N4O2. The first-order valence-electron chi connectivity index (χ1n) is 9.97. The molecule has 1 N–H and O–H groups in total. The van der Waals surface area contributed by atoms with Crippen LogP contribution in [0.3, 0.4) is 0 Å². The number of carbonyl (C=O) groups excluding carboxylic acids is 1. The quantitative estimate of drug-likeness (QED) is 0.899. The van der Waals surface area contributed by atoms with Crippen LogP contribution in [0.1, 0.15) is 24.4 Å². The number of rotatable bonds is 3. The van der Waals surface area contributed by atoms with E-state index in [2.05, 4.69) is 22.1 Å². The normalized spacial score (nSPS) is 30.3. The number of likely N-dealkylation sites (tertiary alicyclic amines) is 1. The molecule has 5 rings (SSSR count). The predicted octanol–water partition coefficient (Wildman–Crippen LogP) is 1.72. The van der Waals surface area contributed by atoms with Gasteiger partial charge in [-0.05, 0) is 48.8 Å². The van der Waals surface area contributed by atoms with E-state index in [1.807, 2.05) is 34.0 Å². The van der Waals surface area contributed by atoms with Crippen molar-refractivity contribution in [2.75, 3.05) is 31.1 Å². The van der Waals surface area contributed by atoms with Gasteiger partial charge >= 0.3 is 0 Å². The number of benzene rings is 1. The van der Waals surface area contributed by atoms with E-state index in [0.717, 1.165) is 44.6 Å². The van der Waals surface area contributed by atoms with Crippen LogP contribution < -0.4 is 4.90 Å². The second-order valence-electron chi connectivity index (χ2n) is 8.23. The Hall–Kier alpha value is -2.18. The van der Waals surface area contributed by atoms with Gasteiger partial charge in [0.1, 0.15) is 0 Å². The second kappa shape index (κ2) is 6.77. The van der Waals surface area contributed by atoms with Crippen LogP contribution in [0.15, 0.2) is 42.7 Å². The number of para-hydroxylation sites is 1. The molecule has 0 unspecified atom stereocenters. The molecule has 6 heteroatoms. The Morgan fingerprint density at radius 2 is 1.96 bits per heavy atom. The summed E-state index contributed by atoms with van der Waals surface area (Å²) in [6.07, 6.45) is 6.04. The molecule has 1 aliphatic carbocycles. The van der Waals surface area contributed by atoms with Crippen molar-refractivity contribution in [2.24, 2.45) is 11.8 Å². The summed E-state index contributed by atoms with van der Waals surface area (Å²) in [5.74, 6) is 1.20. The Bertz CT molecular complexity index is 821. The number of aliphatic hydroxyl groups is 1. The molecule has 2 fully saturated rings. The van der Waals surface area contributed by atoms with E-state index in [0.29, 0.717) is 18.4 Å². The van der Waals surface area contributed by atoms with E-state index in [9.17, 15) is 9.90 Å². The molecule has 3 aliphatic rings. The third-order valence-corrected chi connectivity index (χ3v) is 6.60. The maximum absolute atomic E-state index is 12.9. The lowest BCUT2D eigenvalue weighted by atomic mass is 9.77. The Morgan fingerprint density at radius 1 is 1.15 bits per heavy atom. The van der Waals surface area contributed by atoms with Crippen molar-refractivity contribution in [1.29, 1.82) is 0 Å². The number of anilines is 1. The van der Waals surface area contributed by atoms with Gasteiger partial charge in [-0.1, -0.05) is 18.2 Å². The van der Waals surface area contributed by atoms with Crippen LogP contribution in [0, 0.1) is 11.8 Å². The van der Waals surface area contributed by atoms with Gasteiger partial charge < -0.3 is 10.0 Å². The molecule has 142 valence electrons. The smallest absolute Gasteiger partial charge is 0.241 e. The minimum absolute atomic E-state index is 0.0577. The van der Waals surface area contributed by atoms with Gasteiger partial charge in [0.25, 0.3) is 0 Å². The average molecular weight is 366 g/mol. The summed E-state index contributed by atoms with van der Waals surface area (Å²) in [6, 6.07) is 10.2. The number of hydrogen-bond acceptors (Lipinski definition) is 4. The fourth-order valence-electron chi connectivity index (χ4n) is 5.27. The lowest BCUT2D eigenvalue weighted by Gasteiger charge is -2.35. The molecule has 3 heterocycles. The van der Waals surface area contributed by atoms with Crippen molar-refractivity contribution in [3.05, 3.63) is 48.3 Å². The molecule has 6 nitrogen and oxygen atoms in total. The van der Waals surface area contributed by atoms with Crippen molar-refractivity contribution >= 4 is 11.6 Å². The van der Waals surface area contributed by atoms with E-state index in [-0.39, 0.29) is 18.1 Å². The van der Waals surface area contributed by atoms with Gasteiger partial charge in [-0.2, -0.15) is 5.10 Å². The summed E-state index contributed by atoms with van der Waals surface area (Å²) in [6.45, 7) is 3.12. The average Bonchev–Trinajstić information content (AvgIpc) is 3.39. The molecule has 1 saturated carbocycles. The van der Waals surface area contributed by atoms with Gasteiger partial charge in [0.15, 0.2) is 0 Å². The van der Waals surface area contributed by atoms with Gasteiger partial charge in [-0.3, -0.25) is 14.4 Å². The number of nitrogens with zero attached hydrogens (tertiary/aromatic N) is 4. The number of aliphatic hydroxyl groups excluding tert-OH is 1. The van der Waals surface area contributed by atoms with E-state index in [1.54, 1.807) is 6.20 Å². The van der Waals surface area contributed by atoms with Crippen LogP contribution in [0.5, 0.6) is 0 Å². The summed E-state index contributed by atoms with van der Waals surface area (Å²) < 4.78 is 1.90. The third kappa shape index (κ3) is 3.07. The zero-order valence-corrected chi connectivity index (χ0v) is 15.4.